The molecular weight excluding hydrogens is 516 g/mol. The van der Waals surface area contributed by atoms with Crippen LogP contribution in [0.25, 0.3) is 0 Å². The van der Waals surface area contributed by atoms with Crippen molar-refractivity contribution in [3.63, 3.8) is 0 Å². The summed E-state index contributed by atoms with van der Waals surface area (Å²) < 4.78 is 0. The maximum Gasteiger partial charge on any atom is 0 e. The van der Waals surface area contributed by atoms with Crippen LogP contribution in [0.5, 0.6) is 0 Å². The molecule has 0 aromatic heterocycles. The Hall–Kier alpha value is 2.49. The molecule has 0 N–H and O–H groups in total. The van der Waals surface area contributed by atoms with E-state index in [2.05, 4.69) is 35.3 Å². The van der Waals surface area contributed by atoms with Crippen molar-refractivity contribution in [3.8, 4) is 0 Å². The predicted octanol–water partition coefficient (Wildman–Crippen LogP) is -0.0100. The molecule has 0 saturated carbocycles. The topological polar surface area (TPSA) is 0 Å². The molecule has 0 atom stereocenters. The van der Waals surface area contributed by atoms with Gasteiger partial charge in [0, 0.05) is 33.6 Å². The van der Waals surface area contributed by atoms with Crippen molar-refractivity contribution in [2.24, 2.45) is 0 Å². The molecule has 4 heteroatoms. The Morgan fingerprint density at radius 3 is 1.00 bits per heavy atom. The fourth-order valence-corrected chi connectivity index (χ4v) is 0. The van der Waals surface area contributed by atoms with Gasteiger partial charge in [0.2, 0.25) is 0 Å². The van der Waals surface area contributed by atoms with Gasteiger partial charge in [-0.3, -0.25) is 0 Å². The van der Waals surface area contributed by atoms with Crippen LogP contribution in [-0.4, -0.2) is 0 Å². The van der Waals surface area contributed by atoms with E-state index < -0.39 is 0 Å². The predicted molar refractivity (Wildman–Crippen MR) is 0 cm³/mol. The first-order chi connectivity index (χ1) is 1.00. The van der Waals surface area contributed by atoms with Crippen molar-refractivity contribution in [2.45, 2.75) is 0 Å². The average Bonchev–Trinajstić information content (AvgIpc) is 1.00. The number of hydrogen-bond acceptors (Lipinski definition) is 0. The molecule has 0 heterocycles. The first kappa shape index (κ1) is 16.1. The van der Waals surface area contributed by atoms with Crippen LogP contribution in [0, 0.1) is 0 Å². The normalized spacial score (nSPS) is 2.00. The second-order valence-corrected chi connectivity index (χ2v) is 0. The first-order valence-corrected chi connectivity index (χ1v) is 6.09. The van der Waals surface area contributed by atoms with Crippen LogP contribution >= 0.6 is 0 Å². The van der Waals surface area contributed by atoms with Gasteiger partial charge in [-0.1, -0.05) is 0 Å². The van der Waals surface area contributed by atoms with E-state index in [9.17, 15) is 0 Å². The quantitative estimate of drug-likeness (QED) is 0.398. The van der Waals surface area contributed by atoms with Crippen LogP contribution in [0.15, 0.2) is 0 Å². The summed E-state index contributed by atoms with van der Waals surface area (Å²) in [5.41, 5.74) is 0. The van der Waals surface area contributed by atoms with Crippen molar-refractivity contribution >= 4 is 0 Å². The van der Waals surface area contributed by atoms with Crippen molar-refractivity contribution in [3.05, 3.63) is 0 Å². The summed E-state index contributed by atoms with van der Waals surface area (Å²) in [6, 6.07) is 0. The zero-order chi connectivity index (χ0) is 2.00. The summed E-state index contributed by atoms with van der Waals surface area (Å²) in [7, 11) is 0. The maximum absolute atomic E-state index is 2.22. The molecule has 4 heavy (non-hydrogen) atoms. The molecule has 1 radical (unpaired) electrons. The summed E-state index contributed by atoms with van der Waals surface area (Å²) in [6.07, 6.45) is 0. The Balaban J connectivity index is -0.00000000500. The standard InChI is InChI=1S/2Au.Cu.Ni. The van der Waals surface area contributed by atoms with Gasteiger partial charge in [0.25, 0.3) is 0 Å². The van der Waals surface area contributed by atoms with Gasteiger partial charge in [0.05, 0.1) is 0 Å². The second kappa shape index (κ2) is 17.8. The van der Waals surface area contributed by atoms with E-state index in [1.54, 1.807) is 0 Å². The molecule has 0 spiro atoms. The molecule has 0 unspecified atom stereocenters. The Morgan fingerprint density at radius 1 is 1.00 bits per heavy atom. The second-order valence-electron chi connectivity index (χ2n) is 0. The molecule has 0 aliphatic rings. The van der Waals surface area contributed by atoms with Crippen LogP contribution in [-0.2, 0) is 68.8 Å². The van der Waals surface area contributed by atoms with Gasteiger partial charge in [-0.2, -0.15) is 0 Å². The van der Waals surface area contributed by atoms with Crippen molar-refractivity contribution in [2.75, 3.05) is 0 Å². The van der Waals surface area contributed by atoms with Crippen LogP contribution in [0.4, 0.5) is 0 Å². The Labute approximate surface area is 67.8 Å². The summed E-state index contributed by atoms with van der Waals surface area (Å²) in [4.78, 5) is 0. The molecule has 0 aromatic rings. The van der Waals surface area contributed by atoms with Gasteiger partial charge in [-0.15, -0.1) is 0 Å². The average molecular weight is 516 g/mol. The molecule has 0 amide bonds. The summed E-state index contributed by atoms with van der Waals surface area (Å²) >= 11 is 4.44. The van der Waals surface area contributed by atoms with Gasteiger partial charge in [-0.05, 0) is 0 Å². The third kappa shape index (κ3) is 8.82. The summed E-state index contributed by atoms with van der Waals surface area (Å²) in [5, 5.41) is 0. The third-order valence-electron chi connectivity index (χ3n) is 0. The van der Waals surface area contributed by atoms with E-state index in [-0.39, 0.29) is 33.6 Å². The zero-order valence-electron chi connectivity index (χ0n) is 1.22. The van der Waals surface area contributed by atoms with E-state index in [1.165, 1.54) is 0 Å². The maximum atomic E-state index is 2.22. The SMILES string of the molecule is [Au][Au].[Cu].[Ni]. The Morgan fingerprint density at radius 2 is 1.00 bits per heavy atom. The fourth-order valence-electron chi connectivity index (χ4n) is 0. The molecule has 0 nitrogen and oxygen atoms in total. The van der Waals surface area contributed by atoms with Crippen molar-refractivity contribution in [1.29, 1.82) is 0 Å². The van der Waals surface area contributed by atoms with Gasteiger partial charge in [-0.25, -0.2) is 0 Å². The van der Waals surface area contributed by atoms with Crippen LogP contribution in [0.3, 0.4) is 0 Å². The molecule has 0 aliphatic heterocycles. The van der Waals surface area contributed by atoms with E-state index in [1.807, 2.05) is 0 Å². The van der Waals surface area contributed by atoms with E-state index in [4.69, 9.17) is 0 Å². The van der Waals surface area contributed by atoms with E-state index in [0.717, 1.165) is 0 Å². The minimum atomic E-state index is 0. The first-order valence-electron chi connectivity index (χ1n) is 0.0909. The van der Waals surface area contributed by atoms with Gasteiger partial charge in [0.1, 0.15) is 0 Å². The van der Waals surface area contributed by atoms with Gasteiger partial charge < -0.3 is 0 Å². The van der Waals surface area contributed by atoms with Crippen molar-refractivity contribution in [1.82, 2.24) is 0 Å². The molecule has 0 saturated heterocycles. The Kier molecular flexibility index (Phi) is 71.6. The largest absolute Gasteiger partial charge is 0 e. The van der Waals surface area contributed by atoms with Crippen LogP contribution in [0.1, 0.15) is 0 Å². The smallest absolute Gasteiger partial charge is 0 e. The van der Waals surface area contributed by atoms with Crippen LogP contribution < -0.4 is 0 Å². The molecule has 0 aliphatic carbocycles. The number of rotatable bonds is 0. The van der Waals surface area contributed by atoms with Crippen LogP contribution in [0.2, 0.25) is 0 Å². The number of hydrogen-bond donors (Lipinski definition) is 0. The van der Waals surface area contributed by atoms with Crippen molar-refractivity contribution < 1.29 is 68.8 Å². The summed E-state index contributed by atoms with van der Waals surface area (Å²) in [5.74, 6) is 0. The zero-order valence-corrected chi connectivity index (χ0v) is 7.48. The molecule has 0 aromatic carbocycles. The Bertz CT molecular complexity index is 6.00. The molecular formula is Au2CuNi. The monoisotopic (exact) mass is 515 g/mol. The third-order valence-corrected chi connectivity index (χ3v) is 0. The molecule has 0 fully saturated rings. The van der Waals surface area contributed by atoms with Gasteiger partial charge in [0.15, 0.2) is 0 Å². The fraction of sp³-hybridized carbons (Fsp3) is 0. The molecule has 43 valence electrons. The minimum Gasteiger partial charge on any atom is 0 e. The minimum absolute atomic E-state index is 0. The van der Waals surface area contributed by atoms with E-state index >= 15 is 0 Å². The van der Waals surface area contributed by atoms with Gasteiger partial charge >= 0.3 is 35.3 Å². The molecule has 0 rings (SSSR count). The summed E-state index contributed by atoms with van der Waals surface area (Å²) in [6.45, 7) is 0. The van der Waals surface area contributed by atoms with E-state index in [0.29, 0.717) is 0 Å². The molecule has 0 bridgehead atoms.